The van der Waals surface area contributed by atoms with Gasteiger partial charge in [0.15, 0.2) is 6.10 Å². The zero-order valence-electron chi connectivity index (χ0n) is 18.4. The Morgan fingerprint density at radius 1 is 1.06 bits per heavy atom. The first-order valence-electron chi connectivity index (χ1n) is 11.7. The van der Waals surface area contributed by atoms with Gasteiger partial charge in [-0.3, -0.25) is 14.4 Å². The van der Waals surface area contributed by atoms with Gasteiger partial charge in [0, 0.05) is 24.2 Å². The van der Waals surface area contributed by atoms with Crippen LogP contribution in [0.2, 0.25) is 0 Å². The summed E-state index contributed by atoms with van der Waals surface area (Å²) in [5, 5.41) is 3.28. The molecule has 5 fully saturated rings. The Morgan fingerprint density at radius 3 is 2.23 bits per heavy atom. The number of esters is 1. The quantitative estimate of drug-likeness (QED) is 0.736. The summed E-state index contributed by atoms with van der Waals surface area (Å²) in [4.78, 5) is 39.7. The predicted octanol–water partition coefficient (Wildman–Crippen LogP) is 3.36. The van der Waals surface area contributed by atoms with Crippen molar-refractivity contribution in [3.8, 4) is 0 Å². The number of benzene rings is 1. The van der Waals surface area contributed by atoms with Gasteiger partial charge in [-0.1, -0.05) is 17.7 Å². The molecule has 2 amide bonds. The Balaban J connectivity index is 1.17. The Bertz CT molecular complexity index is 858. The van der Waals surface area contributed by atoms with Crippen molar-refractivity contribution in [2.24, 2.45) is 23.7 Å². The Hall–Kier alpha value is -2.37. The summed E-state index contributed by atoms with van der Waals surface area (Å²) in [6.07, 6.45) is 6.41. The van der Waals surface area contributed by atoms with Crippen LogP contribution in [0.5, 0.6) is 0 Å². The smallest absolute Gasteiger partial charge is 0.312 e. The summed E-state index contributed by atoms with van der Waals surface area (Å²) in [5.41, 5.74) is 1.81. The van der Waals surface area contributed by atoms with Crippen LogP contribution in [0.4, 0.5) is 5.69 Å². The van der Waals surface area contributed by atoms with E-state index < -0.39 is 18.0 Å². The van der Waals surface area contributed by atoms with Crippen LogP contribution in [0.15, 0.2) is 24.3 Å². The summed E-state index contributed by atoms with van der Waals surface area (Å²) in [6.45, 7) is 3.93. The number of ether oxygens (including phenoxy) is 1. The third-order valence-electron chi connectivity index (χ3n) is 7.89. The highest BCUT2D eigenvalue weighted by Crippen LogP contribution is 2.55. The molecule has 1 heterocycles. The minimum absolute atomic E-state index is 0.0866. The Morgan fingerprint density at radius 2 is 1.65 bits per heavy atom. The topological polar surface area (TPSA) is 75.7 Å². The van der Waals surface area contributed by atoms with E-state index in [2.05, 4.69) is 5.32 Å². The summed E-state index contributed by atoms with van der Waals surface area (Å²) < 4.78 is 5.53. The van der Waals surface area contributed by atoms with E-state index >= 15 is 0 Å². The van der Waals surface area contributed by atoms with E-state index in [1.54, 1.807) is 11.8 Å². The van der Waals surface area contributed by atoms with Crippen molar-refractivity contribution in [3.05, 3.63) is 29.8 Å². The lowest BCUT2D eigenvalue weighted by molar-refractivity contribution is -0.160. The predicted molar refractivity (Wildman–Crippen MR) is 116 cm³/mol. The number of carbonyl (C=O) groups excluding carboxylic acids is 3. The normalized spacial score (nSPS) is 34.6. The highest BCUT2D eigenvalue weighted by atomic mass is 16.5. The SMILES string of the molecule is Cc1ccc(N2C[C@H](C(=O)O[C@@H](C)C(=O)NC34CC5CC(CC(C5)C3)C4)CC2=O)cc1. The third-order valence-corrected chi connectivity index (χ3v) is 7.89. The summed E-state index contributed by atoms with van der Waals surface area (Å²) >= 11 is 0. The maximum atomic E-state index is 12.9. The number of amides is 2. The van der Waals surface area contributed by atoms with Crippen LogP contribution in [0.3, 0.4) is 0 Å². The second kappa shape index (κ2) is 7.64. The molecule has 0 unspecified atom stereocenters. The van der Waals surface area contributed by atoms with Crippen molar-refractivity contribution in [2.45, 2.75) is 70.4 Å². The molecule has 6 nitrogen and oxygen atoms in total. The van der Waals surface area contributed by atoms with E-state index in [-0.39, 0.29) is 23.8 Å². The second-order valence-electron chi connectivity index (χ2n) is 10.5. The van der Waals surface area contributed by atoms with E-state index in [1.807, 2.05) is 31.2 Å². The fourth-order valence-electron chi connectivity index (χ4n) is 6.79. The molecule has 4 saturated carbocycles. The van der Waals surface area contributed by atoms with Crippen molar-refractivity contribution in [1.82, 2.24) is 5.32 Å². The van der Waals surface area contributed by atoms with Gasteiger partial charge in [0.05, 0.1) is 5.92 Å². The standard InChI is InChI=1S/C25H32N2O4/c1-15-3-5-21(6-4-15)27-14-20(10-22(27)28)24(30)31-16(2)23(29)26-25-11-17-7-18(12-25)9-19(8-17)13-25/h3-6,16-20H,7-14H2,1-2H3,(H,26,29)/t16-,17?,18?,19?,20+,25?/m0/s1. The first-order chi connectivity index (χ1) is 14.8. The maximum Gasteiger partial charge on any atom is 0.312 e. The number of rotatable bonds is 5. The zero-order valence-corrected chi connectivity index (χ0v) is 18.4. The minimum atomic E-state index is -0.843. The molecule has 1 saturated heterocycles. The minimum Gasteiger partial charge on any atom is -0.452 e. The number of nitrogens with zero attached hydrogens (tertiary/aromatic N) is 1. The van der Waals surface area contributed by atoms with Gasteiger partial charge in [-0.15, -0.1) is 0 Å². The van der Waals surface area contributed by atoms with E-state index in [9.17, 15) is 14.4 Å². The van der Waals surface area contributed by atoms with Crippen LogP contribution in [-0.2, 0) is 19.1 Å². The molecule has 4 aliphatic carbocycles. The first-order valence-corrected chi connectivity index (χ1v) is 11.7. The number of aryl methyl sites for hydroxylation is 1. The fourth-order valence-corrected chi connectivity index (χ4v) is 6.79. The molecule has 0 radical (unpaired) electrons. The molecule has 1 aromatic carbocycles. The monoisotopic (exact) mass is 424 g/mol. The molecule has 0 aromatic heterocycles. The number of anilines is 1. The lowest BCUT2D eigenvalue weighted by Gasteiger charge is -2.57. The molecule has 6 rings (SSSR count). The van der Waals surface area contributed by atoms with Crippen LogP contribution >= 0.6 is 0 Å². The largest absolute Gasteiger partial charge is 0.452 e. The maximum absolute atomic E-state index is 12.9. The number of carbonyl (C=O) groups is 3. The molecule has 2 atom stereocenters. The van der Waals surface area contributed by atoms with Crippen LogP contribution in [0.25, 0.3) is 0 Å². The molecular weight excluding hydrogens is 392 g/mol. The van der Waals surface area contributed by atoms with E-state index in [0.717, 1.165) is 48.3 Å². The average Bonchev–Trinajstić information content (AvgIpc) is 3.09. The summed E-state index contributed by atoms with van der Waals surface area (Å²) in [6, 6.07) is 7.68. The van der Waals surface area contributed by atoms with Gasteiger partial charge < -0.3 is 15.0 Å². The van der Waals surface area contributed by atoms with E-state index in [4.69, 9.17) is 4.74 Å². The van der Waals surface area contributed by atoms with Crippen LogP contribution in [0, 0.1) is 30.6 Å². The Labute approximate surface area is 183 Å². The van der Waals surface area contributed by atoms with Crippen molar-refractivity contribution in [1.29, 1.82) is 0 Å². The fraction of sp³-hybridized carbons (Fsp3) is 0.640. The van der Waals surface area contributed by atoms with Crippen molar-refractivity contribution < 1.29 is 19.1 Å². The molecule has 1 N–H and O–H groups in total. The molecule has 5 aliphatic rings. The van der Waals surface area contributed by atoms with Crippen LogP contribution in [-0.4, -0.2) is 36.0 Å². The first kappa shape index (κ1) is 20.5. The molecule has 4 bridgehead atoms. The highest BCUT2D eigenvalue weighted by molar-refractivity contribution is 5.99. The molecule has 31 heavy (non-hydrogen) atoms. The van der Waals surface area contributed by atoms with Gasteiger partial charge in [0.25, 0.3) is 5.91 Å². The number of nitrogens with one attached hydrogen (secondary N) is 1. The number of hydrogen-bond acceptors (Lipinski definition) is 4. The Kier molecular flexibility index (Phi) is 5.06. The average molecular weight is 425 g/mol. The van der Waals surface area contributed by atoms with Gasteiger partial charge in [0.2, 0.25) is 5.91 Å². The molecular formula is C25H32N2O4. The van der Waals surface area contributed by atoms with Gasteiger partial charge in [-0.05, 0) is 82.3 Å². The van der Waals surface area contributed by atoms with Crippen LogP contribution in [0.1, 0.15) is 57.4 Å². The van der Waals surface area contributed by atoms with Crippen molar-refractivity contribution in [2.75, 3.05) is 11.4 Å². The number of hydrogen-bond donors (Lipinski definition) is 1. The van der Waals surface area contributed by atoms with Crippen molar-refractivity contribution >= 4 is 23.5 Å². The highest BCUT2D eigenvalue weighted by Gasteiger charge is 2.52. The van der Waals surface area contributed by atoms with E-state index in [1.165, 1.54) is 19.3 Å². The zero-order chi connectivity index (χ0) is 21.8. The third kappa shape index (κ3) is 3.97. The second-order valence-corrected chi connectivity index (χ2v) is 10.5. The van der Waals surface area contributed by atoms with Gasteiger partial charge in [-0.2, -0.15) is 0 Å². The van der Waals surface area contributed by atoms with Gasteiger partial charge in [0.1, 0.15) is 0 Å². The molecule has 0 spiro atoms. The lowest BCUT2D eigenvalue weighted by Crippen LogP contribution is -2.61. The van der Waals surface area contributed by atoms with Gasteiger partial charge >= 0.3 is 5.97 Å². The summed E-state index contributed by atoms with van der Waals surface area (Å²) in [7, 11) is 0. The lowest BCUT2D eigenvalue weighted by atomic mass is 9.53. The molecule has 1 aliphatic heterocycles. The van der Waals surface area contributed by atoms with E-state index in [0.29, 0.717) is 6.54 Å². The molecule has 6 heteroatoms. The molecule has 1 aromatic rings. The van der Waals surface area contributed by atoms with Gasteiger partial charge in [-0.25, -0.2) is 0 Å². The molecule has 166 valence electrons. The summed E-state index contributed by atoms with van der Waals surface area (Å²) in [5.74, 6) is 0.927. The van der Waals surface area contributed by atoms with Crippen LogP contribution < -0.4 is 10.2 Å². The van der Waals surface area contributed by atoms with Crippen molar-refractivity contribution in [3.63, 3.8) is 0 Å².